The van der Waals surface area contributed by atoms with Crippen molar-refractivity contribution in [3.05, 3.63) is 83.3 Å². The summed E-state index contributed by atoms with van der Waals surface area (Å²) in [4.78, 5) is 8.55. The first-order chi connectivity index (χ1) is 14.8. The summed E-state index contributed by atoms with van der Waals surface area (Å²) in [6.07, 6.45) is 1.77. The van der Waals surface area contributed by atoms with Crippen molar-refractivity contribution in [2.24, 2.45) is 4.99 Å². The lowest BCUT2D eigenvalue weighted by molar-refractivity contribution is 0.305. The van der Waals surface area contributed by atoms with Crippen LogP contribution < -0.4 is 15.4 Å². The van der Waals surface area contributed by atoms with E-state index in [1.807, 2.05) is 30.3 Å². The Morgan fingerprint density at radius 2 is 1.78 bits per heavy atom. The van der Waals surface area contributed by atoms with E-state index >= 15 is 0 Å². The Labute approximate surface area is 205 Å². The van der Waals surface area contributed by atoms with E-state index in [0.29, 0.717) is 31.5 Å². The number of ether oxygens (including phenoxy) is 1. The summed E-state index contributed by atoms with van der Waals surface area (Å²) < 4.78 is 24.7. The van der Waals surface area contributed by atoms with Crippen molar-refractivity contribution in [3.8, 4) is 5.75 Å². The second kappa shape index (κ2) is 11.8. The van der Waals surface area contributed by atoms with Crippen LogP contribution in [-0.2, 0) is 25.1 Å². The molecule has 0 radical (unpaired) electrons. The number of hydrogen-bond acceptors (Lipinski definition) is 4. The lowest BCUT2D eigenvalue weighted by atomic mass is 9.94. The van der Waals surface area contributed by atoms with Gasteiger partial charge in [-0.15, -0.1) is 24.0 Å². The summed E-state index contributed by atoms with van der Waals surface area (Å²) in [7, 11) is 1.72. The molecule has 0 aliphatic carbocycles. The number of nitrogens with one attached hydrogen (secondary N) is 2. The van der Waals surface area contributed by atoms with Crippen LogP contribution in [-0.4, -0.2) is 18.0 Å². The molecule has 0 aliphatic heterocycles. The molecule has 3 aromatic rings. The van der Waals surface area contributed by atoms with E-state index in [2.05, 4.69) is 41.4 Å². The molecule has 0 fully saturated rings. The minimum atomic E-state index is -0.262. The van der Waals surface area contributed by atoms with Crippen molar-refractivity contribution >= 4 is 29.9 Å². The Morgan fingerprint density at radius 3 is 2.41 bits per heavy atom. The quantitative estimate of drug-likeness (QED) is 0.241. The molecule has 0 amide bonds. The molecule has 0 spiro atoms. The maximum Gasteiger partial charge on any atom is 0.213 e. The molecular weight excluding hydrogens is 522 g/mol. The molecule has 3 rings (SSSR count). The molecule has 0 unspecified atom stereocenters. The van der Waals surface area contributed by atoms with E-state index in [1.54, 1.807) is 19.3 Å². The summed E-state index contributed by atoms with van der Waals surface area (Å²) in [5.74, 6) is 2.60. The molecule has 0 saturated heterocycles. The van der Waals surface area contributed by atoms with Crippen LogP contribution in [0.5, 0.6) is 5.75 Å². The van der Waals surface area contributed by atoms with Gasteiger partial charge >= 0.3 is 0 Å². The van der Waals surface area contributed by atoms with Crippen molar-refractivity contribution in [2.75, 3.05) is 7.05 Å². The fraction of sp³-hybridized carbons (Fsp3) is 0.333. The minimum Gasteiger partial charge on any atom is -0.489 e. The second-order valence-electron chi connectivity index (χ2n) is 8.21. The summed E-state index contributed by atoms with van der Waals surface area (Å²) in [6, 6.07) is 14.1. The van der Waals surface area contributed by atoms with Crippen LogP contribution >= 0.6 is 24.0 Å². The lowest BCUT2D eigenvalue weighted by Gasteiger charge is -2.13. The van der Waals surface area contributed by atoms with Gasteiger partial charge in [0.05, 0.1) is 12.7 Å². The lowest BCUT2D eigenvalue weighted by Crippen LogP contribution is -2.36. The van der Waals surface area contributed by atoms with Gasteiger partial charge in [-0.25, -0.2) is 9.37 Å². The van der Waals surface area contributed by atoms with Crippen LogP contribution in [0.2, 0.25) is 0 Å². The fourth-order valence-corrected chi connectivity index (χ4v) is 2.80. The first-order valence-corrected chi connectivity index (χ1v) is 10.2. The van der Waals surface area contributed by atoms with Crippen LogP contribution in [0, 0.1) is 5.82 Å². The Morgan fingerprint density at radius 1 is 1.06 bits per heavy atom. The van der Waals surface area contributed by atoms with Crippen molar-refractivity contribution in [1.29, 1.82) is 0 Å². The average molecular weight is 552 g/mol. The van der Waals surface area contributed by atoms with E-state index in [-0.39, 0.29) is 35.2 Å². The normalized spacial score (nSPS) is 11.6. The van der Waals surface area contributed by atoms with Gasteiger partial charge in [-0.2, -0.15) is 0 Å². The van der Waals surface area contributed by atoms with Crippen LogP contribution in [0.15, 0.2) is 64.1 Å². The Kier molecular flexibility index (Phi) is 9.49. The van der Waals surface area contributed by atoms with Crippen LogP contribution in [0.25, 0.3) is 0 Å². The summed E-state index contributed by atoms with van der Waals surface area (Å²) in [6.45, 7) is 7.63. The van der Waals surface area contributed by atoms with Gasteiger partial charge in [0.2, 0.25) is 5.89 Å². The van der Waals surface area contributed by atoms with E-state index in [4.69, 9.17) is 9.15 Å². The smallest absolute Gasteiger partial charge is 0.213 e. The number of aliphatic imine (C=N–C) groups is 1. The number of guanidine groups is 1. The maximum atomic E-state index is 13.2. The Hall–Kier alpha value is -2.62. The number of oxazole rings is 1. The third-order valence-corrected chi connectivity index (χ3v) is 4.60. The predicted molar refractivity (Wildman–Crippen MR) is 135 cm³/mol. The summed E-state index contributed by atoms with van der Waals surface area (Å²) >= 11 is 0. The van der Waals surface area contributed by atoms with Crippen LogP contribution in [0.3, 0.4) is 0 Å². The number of benzene rings is 2. The highest BCUT2D eigenvalue weighted by Gasteiger charge is 2.19. The first kappa shape index (κ1) is 25.6. The summed E-state index contributed by atoms with van der Waals surface area (Å²) in [5, 5.41) is 6.47. The third-order valence-electron chi connectivity index (χ3n) is 4.60. The van der Waals surface area contributed by atoms with Gasteiger partial charge in [0, 0.05) is 19.0 Å². The van der Waals surface area contributed by atoms with Gasteiger partial charge in [0.25, 0.3) is 0 Å². The molecule has 0 bridgehead atoms. The standard InChI is InChI=1S/C24H29FN4O2.HI/c1-24(2,3)21-14-27-22(31-21)15-29-23(26-4)28-13-17-8-10-20(11-9-17)30-16-18-6-5-7-19(25)12-18;/h5-12,14H,13,15-16H2,1-4H3,(H2,26,28,29);1H. The largest absolute Gasteiger partial charge is 0.489 e. The van der Waals surface area contributed by atoms with Crippen LogP contribution in [0.4, 0.5) is 4.39 Å². The topological polar surface area (TPSA) is 71.7 Å². The molecular formula is C24H30FIN4O2. The van der Waals surface area contributed by atoms with E-state index in [0.717, 1.165) is 22.6 Å². The fourth-order valence-electron chi connectivity index (χ4n) is 2.80. The van der Waals surface area contributed by atoms with Crippen molar-refractivity contribution in [3.63, 3.8) is 0 Å². The molecule has 6 nitrogen and oxygen atoms in total. The van der Waals surface area contributed by atoms with E-state index in [1.165, 1.54) is 12.1 Å². The van der Waals surface area contributed by atoms with Crippen molar-refractivity contribution in [1.82, 2.24) is 15.6 Å². The number of nitrogens with zero attached hydrogens (tertiary/aromatic N) is 2. The first-order valence-electron chi connectivity index (χ1n) is 10.2. The molecule has 172 valence electrons. The molecule has 0 aliphatic rings. The SMILES string of the molecule is CN=C(NCc1ccc(OCc2cccc(F)c2)cc1)NCc1ncc(C(C)(C)C)o1.I. The second-order valence-corrected chi connectivity index (χ2v) is 8.21. The van der Waals surface area contributed by atoms with Crippen LogP contribution in [0.1, 0.15) is 43.5 Å². The zero-order valence-corrected chi connectivity index (χ0v) is 21.1. The molecule has 32 heavy (non-hydrogen) atoms. The van der Waals surface area contributed by atoms with Gasteiger partial charge in [-0.1, -0.05) is 45.0 Å². The van der Waals surface area contributed by atoms with Gasteiger partial charge in [0.1, 0.15) is 23.9 Å². The summed E-state index contributed by atoms with van der Waals surface area (Å²) in [5.41, 5.74) is 1.80. The van der Waals surface area contributed by atoms with Gasteiger partial charge in [-0.05, 0) is 35.4 Å². The van der Waals surface area contributed by atoms with Gasteiger partial charge < -0.3 is 19.8 Å². The molecule has 2 N–H and O–H groups in total. The highest BCUT2D eigenvalue weighted by atomic mass is 127. The highest BCUT2D eigenvalue weighted by molar-refractivity contribution is 14.0. The minimum absolute atomic E-state index is 0. The van der Waals surface area contributed by atoms with Crippen molar-refractivity contribution in [2.45, 2.75) is 45.9 Å². The van der Waals surface area contributed by atoms with E-state index < -0.39 is 0 Å². The molecule has 1 heterocycles. The highest BCUT2D eigenvalue weighted by Crippen LogP contribution is 2.22. The van der Waals surface area contributed by atoms with Gasteiger partial charge in [0.15, 0.2) is 5.96 Å². The van der Waals surface area contributed by atoms with Gasteiger partial charge in [-0.3, -0.25) is 4.99 Å². The third kappa shape index (κ3) is 7.81. The predicted octanol–water partition coefficient (Wildman–Crippen LogP) is 5.17. The number of hydrogen-bond donors (Lipinski definition) is 2. The molecule has 0 atom stereocenters. The zero-order chi connectivity index (χ0) is 22.3. The Bertz CT molecular complexity index is 1010. The molecule has 0 saturated carbocycles. The molecule has 2 aromatic carbocycles. The number of halogens is 2. The Balaban J connectivity index is 0.00000363. The van der Waals surface area contributed by atoms with E-state index in [9.17, 15) is 4.39 Å². The van der Waals surface area contributed by atoms with Crippen molar-refractivity contribution < 1.29 is 13.5 Å². The number of aromatic nitrogens is 1. The molecule has 8 heteroatoms. The molecule has 1 aromatic heterocycles. The maximum absolute atomic E-state index is 13.2. The number of rotatable bonds is 7. The average Bonchev–Trinajstić information content (AvgIpc) is 3.23. The monoisotopic (exact) mass is 552 g/mol. The zero-order valence-electron chi connectivity index (χ0n) is 18.8.